The molecule has 4 nitrogen and oxygen atoms in total. The second kappa shape index (κ2) is 6.80. The Hall–Kier alpha value is -2.23. The van der Waals surface area contributed by atoms with E-state index in [1.54, 1.807) is 6.26 Å². The molecule has 0 saturated heterocycles. The zero-order valence-electron chi connectivity index (χ0n) is 11.9. The zero-order valence-corrected chi connectivity index (χ0v) is 11.9. The summed E-state index contributed by atoms with van der Waals surface area (Å²) in [6, 6.07) is 9.53. The minimum Gasteiger partial charge on any atom is -0.469 e. The van der Waals surface area contributed by atoms with Gasteiger partial charge in [0.25, 0.3) is 5.91 Å². The van der Waals surface area contributed by atoms with Crippen molar-refractivity contribution >= 4 is 11.6 Å². The molecular formula is C16H20N2O2. The van der Waals surface area contributed by atoms with Crippen LogP contribution in [-0.2, 0) is 6.42 Å². The summed E-state index contributed by atoms with van der Waals surface area (Å²) in [4.78, 5) is 12.1. The maximum absolute atomic E-state index is 12.1. The van der Waals surface area contributed by atoms with Crippen LogP contribution in [0.2, 0.25) is 0 Å². The molecule has 0 aliphatic rings. The van der Waals surface area contributed by atoms with Crippen molar-refractivity contribution in [1.29, 1.82) is 0 Å². The molecule has 4 heteroatoms. The van der Waals surface area contributed by atoms with Crippen LogP contribution >= 0.6 is 0 Å². The molecule has 2 N–H and O–H groups in total. The van der Waals surface area contributed by atoms with Gasteiger partial charge in [-0.15, -0.1) is 0 Å². The van der Waals surface area contributed by atoms with Crippen molar-refractivity contribution in [2.45, 2.75) is 20.3 Å². The molecule has 2 aromatic rings. The van der Waals surface area contributed by atoms with Crippen LogP contribution in [0.3, 0.4) is 0 Å². The molecule has 20 heavy (non-hydrogen) atoms. The number of hydrogen-bond acceptors (Lipinski definition) is 3. The second-order valence-corrected chi connectivity index (χ2v) is 4.65. The number of nitrogens with one attached hydrogen (secondary N) is 2. The summed E-state index contributed by atoms with van der Waals surface area (Å²) in [7, 11) is 0. The molecule has 2 rings (SSSR count). The number of furan rings is 1. The molecule has 1 heterocycles. The fourth-order valence-electron chi connectivity index (χ4n) is 2.08. The third kappa shape index (κ3) is 3.63. The lowest BCUT2D eigenvalue weighted by atomic mass is 10.1. The summed E-state index contributed by atoms with van der Waals surface area (Å²) in [6.45, 7) is 5.43. The van der Waals surface area contributed by atoms with E-state index in [0.717, 1.165) is 23.6 Å². The summed E-state index contributed by atoms with van der Waals surface area (Å²) >= 11 is 0. The number of carbonyl (C=O) groups is 1. The van der Waals surface area contributed by atoms with Crippen molar-refractivity contribution in [2.24, 2.45) is 0 Å². The highest BCUT2D eigenvalue weighted by atomic mass is 16.3. The first-order valence-electron chi connectivity index (χ1n) is 6.86. The van der Waals surface area contributed by atoms with Crippen LogP contribution < -0.4 is 10.6 Å². The van der Waals surface area contributed by atoms with Gasteiger partial charge >= 0.3 is 0 Å². The number of rotatable bonds is 6. The number of hydrogen-bond donors (Lipinski definition) is 2. The predicted octanol–water partition coefficient (Wildman–Crippen LogP) is 2.99. The minimum absolute atomic E-state index is 0.0443. The second-order valence-electron chi connectivity index (χ2n) is 4.65. The number of carbonyl (C=O) groups excluding carboxylic acids is 1. The van der Waals surface area contributed by atoms with Gasteiger partial charge in [-0.3, -0.25) is 4.79 Å². The molecule has 0 aliphatic carbocycles. The Kier molecular flexibility index (Phi) is 4.82. The molecular weight excluding hydrogens is 252 g/mol. The summed E-state index contributed by atoms with van der Waals surface area (Å²) in [5.41, 5.74) is 2.72. The van der Waals surface area contributed by atoms with E-state index in [4.69, 9.17) is 4.42 Å². The molecule has 0 saturated carbocycles. The number of benzene rings is 1. The third-order valence-electron chi connectivity index (χ3n) is 3.09. The highest BCUT2D eigenvalue weighted by molar-refractivity contribution is 5.96. The fourth-order valence-corrected chi connectivity index (χ4v) is 2.08. The quantitative estimate of drug-likeness (QED) is 0.850. The van der Waals surface area contributed by atoms with Crippen molar-refractivity contribution < 1.29 is 9.21 Å². The average Bonchev–Trinajstić information content (AvgIpc) is 2.92. The van der Waals surface area contributed by atoms with Gasteiger partial charge in [0.15, 0.2) is 0 Å². The highest BCUT2D eigenvalue weighted by Crippen LogP contribution is 2.15. The lowest BCUT2D eigenvalue weighted by Crippen LogP contribution is -2.26. The van der Waals surface area contributed by atoms with E-state index in [1.807, 2.05) is 44.2 Å². The highest BCUT2D eigenvalue weighted by Gasteiger charge is 2.09. The predicted molar refractivity (Wildman–Crippen MR) is 80.1 cm³/mol. The van der Waals surface area contributed by atoms with Gasteiger partial charge in [-0.1, -0.05) is 0 Å². The van der Waals surface area contributed by atoms with Gasteiger partial charge in [0.05, 0.1) is 6.26 Å². The monoisotopic (exact) mass is 272 g/mol. The van der Waals surface area contributed by atoms with E-state index in [2.05, 4.69) is 10.6 Å². The van der Waals surface area contributed by atoms with Crippen LogP contribution in [0.25, 0.3) is 0 Å². The molecule has 0 spiro atoms. The SMILES string of the molecule is CCNc1ccc(C(=O)NCCc2ccco2)c(C)c1. The number of anilines is 1. The van der Waals surface area contributed by atoms with Crippen LogP contribution in [0, 0.1) is 6.92 Å². The Bertz CT molecular complexity index is 562. The van der Waals surface area contributed by atoms with Crippen molar-refractivity contribution in [1.82, 2.24) is 5.32 Å². The Balaban J connectivity index is 1.91. The summed E-state index contributed by atoms with van der Waals surface area (Å²) in [5.74, 6) is 0.835. The van der Waals surface area contributed by atoms with Crippen LogP contribution in [0.1, 0.15) is 28.6 Å². The molecule has 1 aromatic carbocycles. The Morgan fingerprint density at radius 2 is 2.15 bits per heavy atom. The maximum Gasteiger partial charge on any atom is 0.251 e. The van der Waals surface area contributed by atoms with Crippen LogP contribution in [0.15, 0.2) is 41.0 Å². The van der Waals surface area contributed by atoms with Crippen LogP contribution in [0.4, 0.5) is 5.69 Å². The average molecular weight is 272 g/mol. The summed E-state index contributed by atoms with van der Waals surface area (Å²) in [5, 5.41) is 6.14. The van der Waals surface area contributed by atoms with Crippen molar-refractivity contribution in [3.8, 4) is 0 Å². The van der Waals surface area contributed by atoms with Gasteiger partial charge < -0.3 is 15.1 Å². The van der Waals surface area contributed by atoms with Gasteiger partial charge in [0, 0.05) is 30.8 Å². The van der Waals surface area contributed by atoms with E-state index in [-0.39, 0.29) is 5.91 Å². The van der Waals surface area contributed by atoms with E-state index in [1.165, 1.54) is 0 Å². The van der Waals surface area contributed by atoms with E-state index >= 15 is 0 Å². The first kappa shape index (κ1) is 14.2. The van der Waals surface area contributed by atoms with E-state index in [0.29, 0.717) is 18.5 Å². The van der Waals surface area contributed by atoms with Gasteiger partial charge in [-0.25, -0.2) is 0 Å². The Labute approximate surface area is 119 Å². The molecule has 0 fully saturated rings. The molecule has 0 bridgehead atoms. The standard InChI is InChI=1S/C16H20N2O2/c1-3-17-13-6-7-15(12(2)11-13)16(19)18-9-8-14-5-4-10-20-14/h4-7,10-11,17H,3,8-9H2,1-2H3,(H,18,19). The number of aryl methyl sites for hydroxylation is 1. The topological polar surface area (TPSA) is 54.3 Å². The molecule has 106 valence electrons. The van der Waals surface area contributed by atoms with Crippen molar-refractivity contribution in [3.05, 3.63) is 53.5 Å². The normalized spacial score (nSPS) is 10.3. The summed E-state index contributed by atoms with van der Waals surface area (Å²) in [6.07, 6.45) is 2.34. The Morgan fingerprint density at radius 3 is 2.80 bits per heavy atom. The largest absolute Gasteiger partial charge is 0.469 e. The van der Waals surface area contributed by atoms with Gasteiger partial charge in [0.1, 0.15) is 5.76 Å². The molecule has 0 atom stereocenters. The molecule has 0 unspecified atom stereocenters. The summed E-state index contributed by atoms with van der Waals surface area (Å²) < 4.78 is 5.23. The van der Waals surface area contributed by atoms with E-state index < -0.39 is 0 Å². The maximum atomic E-state index is 12.1. The lowest BCUT2D eigenvalue weighted by molar-refractivity contribution is 0.0953. The lowest BCUT2D eigenvalue weighted by Gasteiger charge is -2.10. The van der Waals surface area contributed by atoms with Crippen LogP contribution in [-0.4, -0.2) is 19.0 Å². The smallest absolute Gasteiger partial charge is 0.251 e. The minimum atomic E-state index is -0.0443. The van der Waals surface area contributed by atoms with E-state index in [9.17, 15) is 4.79 Å². The van der Waals surface area contributed by atoms with Gasteiger partial charge in [0.2, 0.25) is 0 Å². The van der Waals surface area contributed by atoms with Crippen molar-refractivity contribution in [2.75, 3.05) is 18.4 Å². The molecule has 1 amide bonds. The fraction of sp³-hybridized carbons (Fsp3) is 0.312. The Morgan fingerprint density at radius 1 is 1.30 bits per heavy atom. The first-order valence-corrected chi connectivity index (χ1v) is 6.86. The third-order valence-corrected chi connectivity index (χ3v) is 3.09. The van der Waals surface area contributed by atoms with Gasteiger partial charge in [-0.2, -0.15) is 0 Å². The van der Waals surface area contributed by atoms with Crippen molar-refractivity contribution in [3.63, 3.8) is 0 Å². The molecule has 0 aliphatic heterocycles. The van der Waals surface area contributed by atoms with Gasteiger partial charge in [-0.05, 0) is 49.7 Å². The van der Waals surface area contributed by atoms with Crippen LogP contribution in [0.5, 0.6) is 0 Å². The first-order chi connectivity index (χ1) is 9.70. The number of amides is 1. The molecule has 0 radical (unpaired) electrons. The zero-order chi connectivity index (χ0) is 14.4. The molecule has 1 aromatic heterocycles.